The molecule has 1 N–H and O–H groups in total. The Balaban J connectivity index is 1.71. The average molecular weight is 407 g/mol. The van der Waals surface area contributed by atoms with Crippen molar-refractivity contribution in [2.75, 3.05) is 0 Å². The third-order valence-corrected chi connectivity index (χ3v) is 6.22. The first-order valence-electron chi connectivity index (χ1n) is 11.1. The lowest BCUT2D eigenvalue weighted by atomic mass is 10.0. The van der Waals surface area contributed by atoms with Gasteiger partial charge in [-0.1, -0.05) is 66.9 Å². The molecule has 0 bridgehead atoms. The van der Waals surface area contributed by atoms with Crippen molar-refractivity contribution in [3.63, 3.8) is 0 Å². The molecule has 30 heavy (non-hydrogen) atoms. The highest BCUT2D eigenvalue weighted by molar-refractivity contribution is 5.87. The van der Waals surface area contributed by atoms with Crippen molar-refractivity contribution in [3.05, 3.63) is 70.8 Å². The van der Waals surface area contributed by atoms with Gasteiger partial charge in [0.1, 0.15) is 6.04 Å². The smallest absolute Gasteiger partial charge is 0.242 e. The second-order valence-corrected chi connectivity index (χ2v) is 8.60. The van der Waals surface area contributed by atoms with Crippen LogP contribution in [-0.4, -0.2) is 28.8 Å². The monoisotopic (exact) mass is 406 g/mol. The van der Waals surface area contributed by atoms with Crippen molar-refractivity contribution in [3.8, 4) is 0 Å². The van der Waals surface area contributed by atoms with Gasteiger partial charge in [0, 0.05) is 19.0 Å². The van der Waals surface area contributed by atoms with Crippen LogP contribution in [-0.2, 0) is 22.6 Å². The number of nitrogens with one attached hydrogen (secondary N) is 1. The zero-order valence-corrected chi connectivity index (χ0v) is 18.5. The van der Waals surface area contributed by atoms with Gasteiger partial charge in [-0.25, -0.2) is 0 Å². The van der Waals surface area contributed by atoms with Crippen molar-refractivity contribution >= 4 is 11.8 Å². The molecule has 0 saturated heterocycles. The molecule has 2 amide bonds. The summed E-state index contributed by atoms with van der Waals surface area (Å²) < 4.78 is 0. The van der Waals surface area contributed by atoms with Gasteiger partial charge in [-0.2, -0.15) is 0 Å². The summed E-state index contributed by atoms with van der Waals surface area (Å²) in [5.74, 6) is -0.0212. The number of carbonyl (C=O) groups excluding carboxylic acids is 2. The maximum atomic E-state index is 13.2. The number of hydrogen-bond acceptors (Lipinski definition) is 2. The standard InChI is InChI=1S/C26H34N2O2/c1-19-12-14-22(15-13-19)16-17-25(29)28(18-23-9-5-4-8-20(23)2)21(3)26(30)27-24-10-6-7-11-24/h4-5,8-9,12-15,21,24H,6-7,10-11,16-18H2,1-3H3,(H,27,30)/t21-/m1/s1. The van der Waals surface area contributed by atoms with Crippen LogP contribution in [0, 0.1) is 13.8 Å². The van der Waals surface area contributed by atoms with Gasteiger partial charge in [-0.05, 0) is 56.7 Å². The first-order valence-corrected chi connectivity index (χ1v) is 11.1. The fraction of sp³-hybridized carbons (Fsp3) is 0.462. The van der Waals surface area contributed by atoms with Crippen LogP contribution in [0.15, 0.2) is 48.5 Å². The van der Waals surface area contributed by atoms with Crippen molar-refractivity contribution in [2.45, 2.75) is 77.9 Å². The Hall–Kier alpha value is -2.62. The summed E-state index contributed by atoms with van der Waals surface area (Å²) in [6, 6.07) is 16.1. The summed E-state index contributed by atoms with van der Waals surface area (Å²) >= 11 is 0. The number of aryl methyl sites for hydroxylation is 3. The Morgan fingerprint density at radius 1 is 1.03 bits per heavy atom. The summed E-state index contributed by atoms with van der Waals surface area (Å²) in [7, 11) is 0. The predicted molar refractivity (Wildman–Crippen MR) is 121 cm³/mol. The molecule has 1 aliphatic carbocycles. The number of nitrogens with zero attached hydrogens (tertiary/aromatic N) is 1. The van der Waals surface area contributed by atoms with Gasteiger partial charge >= 0.3 is 0 Å². The van der Waals surface area contributed by atoms with Crippen LogP contribution in [0.25, 0.3) is 0 Å². The Morgan fingerprint density at radius 3 is 2.37 bits per heavy atom. The first-order chi connectivity index (χ1) is 14.4. The quantitative estimate of drug-likeness (QED) is 0.690. The summed E-state index contributed by atoms with van der Waals surface area (Å²) in [6.07, 6.45) is 5.50. The van der Waals surface area contributed by atoms with Gasteiger partial charge in [-0.15, -0.1) is 0 Å². The van der Waals surface area contributed by atoms with Crippen LogP contribution < -0.4 is 5.32 Å². The molecule has 1 saturated carbocycles. The summed E-state index contributed by atoms with van der Waals surface area (Å²) in [5.41, 5.74) is 4.58. The van der Waals surface area contributed by atoms with Gasteiger partial charge in [-0.3, -0.25) is 9.59 Å². The van der Waals surface area contributed by atoms with E-state index in [0.29, 0.717) is 19.4 Å². The fourth-order valence-electron chi connectivity index (χ4n) is 4.10. The van der Waals surface area contributed by atoms with E-state index in [4.69, 9.17) is 0 Å². The van der Waals surface area contributed by atoms with Gasteiger partial charge in [0.15, 0.2) is 0 Å². The summed E-state index contributed by atoms with van der Waals surface area (Å²) in [5, 5.41) is 3.16. The molecular weight excluding hydrogens is 372 g/mol. The molecule has 160 valence electrons. The Bertz CT molecular complexity index is 854. The van der Waals surface area contributed by atoms with Gasteiger partial charge in [0.05, 0.1) is 0 Å². The van der Waals surface area contributed by atoms with E-state index in [1.807, 2.05) is 38.1 Å². The van der Waals surface area contributed by atoms with E-state index in [1.165, 1.54) is 18.4 Å². The number of rotatable bonds is 8. The van der Waals surface area contributed by atoms with Crippen LogP contribution in [0.1, 0.15) is 61.3 Å². The van der Waals surface area contributed by atoms with Crippen LogP contribution in [0.2, 0.25) is 0 Å². The van der Waals surface area contributed by atoms with Gasteiger partial charge in [0.2, 0.25) is 11.8 Å². The van der Waals surface area contributed by atoms with Crippen LogP contribution in [0.4, 0.5) is 0 Å². The van der Waals surface area contributed by atoms with Gasteiger partial charge < -0.3 is 10.2 Å². The minimum Gasteiger partial charge on any atom is -0.352 e. The van der Waals surface area contributed by atoms with E-state index in [2.05, 4.69) is 36.5 Å². The topological polar surface area (TPSA) is 49.4 Å². The SMILES string of the molecule is Cc1ccc(CCC(=O)N(Cc2ccccc2C)[C@H](C)C(=O)NC2CCCC2)cc1. The second kappa shape index (κ2) is 10.4. The first kappa shape index (κ1) is 22.1. The molecular formula is C26H34N2O2. The highest BCUT2D eigenvalue weighted by atomic mass is 16.2. The lowest BCUT2D eigenvalue weighted by Crippen LogP contribution is -2.49. The minimum absolute atomic E-state index is 0.0212. The van der Waals surface area contributed by atoms with E-state index in [-0.39, 0.29) is 17.9 Å². The molecule has 0 unspecified atom stereocenters. The lowest BCUT2D eigenvalue weighted by molar-refractivity contribution is -0.140. The molecule has 1 atom stereocenters. The molecule has 0 aliphatic heterocycles. The zero-order chi connectivity index (χ0) is 21.5. The highest BCUT2D eigenvalue weighted by Gasteiger charge is 2.28. The Kier molecular flexibility index (Phi) is 7.67. The molecule has 3 rings (SSSR count). The third kappa shape index (κ3) is 5.94. The van der Waals surface area contributed by atoms with Crippen molar-refractivity contribution < 1.29 is 9.59 Å². The Morgan fingerprint density at radius 2 is 1.70 bits per heavy atom. The van der Waals surface area contributed by atoms with Crippen LogP contribution >= 0.6 is 0 Å². The fourth-order valence-corrected chi connectivity index (χ4v) is 4.10. The average Bonchev–Trinajstić information content (AvgIpc) is 3.25. The number of carbonyl (C=O) groups is 2. The zero-order valence-electron chi connectivity index (χ0n) is 18.5. The Labute approximate surface area is 180 Å². The number of benzene rings is 2. The van der Waals surface area contributed by atoms with E-state index in [1.54, 1.807) is 4.90 Å². The molecule has 4 nitrogen and oxygen atoms in total. The van der Waals surface area contributed by atoms with Crippen molar-refractivity contribution in [1.82, 2.24) is 10.2 Å². The predicted octanol–water partition coefficient (Wildman–Crippen LogP) is 4.71. The van der Waals surface area contributed by atoms with E-state index < -0.39 is 6.04 Å². The molecule has 4 heteroatoms. The summed E-state index contributed by atoms with van der Waals surface area (Å²) in [4.78, 5) is 27.9. The third-order valence-electron chi connectivity index (χ3n) is 6.22. The van der Waals surface area contributed by atoms with Crippen molar-refractivity contribution in [1.29, 1.82) is 0 Å². The van der Waals surface area contributed by atoms with Crippen LogP contribution in [0.5, 0.6) is 0 Å². The second-order valence-electron chi connectivity index (χ2n) is 8.60. The molecule has 0 aromatic heterocycles. The molecule has 1 aliphatic rings. The molecule has 0 radical (unpaired) electrons. The van der Waals surface area contributed by atoms with Crippen LogP contribution in [0.3, 0.4) is 0 Å². The molecule has 0 heterocycles. The minimum atomic E-state index is -0.490. The normalized spacial score (nSPS) is 15.0. The largest absolute Gasteiger partial charge is 0.352 e. The highest BCUT2D eigenvalue weighted by Crippen LogP contribution is 2.19. The van der Waals surface area contributed by atoms with E-state index in [0.717, 1.165) is 29.5 Å². The van der Waals surface area contributed by atoms with E-state index >= 15 is 0 Å². The summed E-state index contributed by atoms with van der Waals surface area (Å²) in [6.45, 7) is 6.42. The maximum absolute atomic E-state index is 13.2. The maximum Gasteiger partial charge on any atom is 0.242 e. The number of hydrogen-bond donors (Lipinski definition) is 1. The van der Waals surface area contributed by atoms with E-state index in [9.17, 15) is 9.59 Å². The molecule has 0 spiro atoms. The number of amides is 2. The van der Waals surface area contributed by atoms with Gasteiger partial charge in [0.25, 0.3) is 0 Å². The lowest BCUT2D eigenvalue weighted by Gasteiger charge is -2.30. The van der Waals surface area contributed by atoms with Crippen molar-refractivity contribution in [2.24, 2.45) is 0 Å². The molecule has 2 aromatic rings. The molecule has 2 aromatic carbocycles. The molecule has 1 fully saturated rings.